The molecule has 3 nitrogen and oxygen atoms in total. The van der Waals surface area contributed by atoms with Gasteiger partial charge in [-0.3, -0.25) is 0 Å². The van der Waals surface area contributed by atoms with Gasteiger partial charge in [0, 0.05) is 18.3 Å². The summed E-state index contributed by atoms with van der Waals surface area (Å²) in [6.07, 6.45) is 2.81. The van der Waals surface area contributed by atoms with Gasteiger partial charge >= 0.3 is 0 Å². The number of nitrogens with one attached hydrogen (secondary N) is 1. The standard InChI is InChI=1S/C16H20N2O/c1-4-14-7-5-6-8-15(14)19-16-12(2)9-13(10-17-3)11-18-16/h5-9,11,17H,4,10H2,1-3H3. The molecule has 0 amide bonds. The molecule has 19 heavy (non-hydrogen) atoms. The second-order valence-electron chi connectivity index (χ2n) is 4.56. The Morgan fingerprint density at radius 3 is 2.74 bits per heavy atom. The Hall–Kier alpha value is -1.87. The zero-order chi connectivity index (χ0) is 13.7. The van der Waals surface area contributed by atoms with Crippen molar-refractivity contribution in [3.05, 3.63) is 53.2 Å². The second kappa shape index (κ2) is 6.34. The highest BCUT2D eigenvalue weighted by molar-refractivity contribution is 5.38. The Bertz CT molecular complexity index is 552. The number of hydrogen-bond acceptors (Lipinski definition) is 3. The number of benzene rings is 1. The molecule has 1 aromatic heterocycles. The molecule has 0 unspecified atom stereocenters. The van der Waals surface area contributed by atoms with Gasteiger partial charge in [0.15, 0.2) is 0 Å². The number of nitrogens with zero attached hydrogens (tertiary/aromatic N) is 1. The lowest BCUT2D eigenvalue weighted by Gasteiger charge is -2.11. The van der Waals surface area contributed by atoms with Crippen LogP contribution in [0.3, 0.4) is 0 Å². The van der Waals surface area contributed by atoms with Gasteiger partial charge in [0.25, 0.3) is 0 Å². The normalized spacial score (nSPS) is 10.5. The van der Waals surface area contributed by atoms with Gasteiger partial charge in [-0.05, 0) is 43.7 Å². The molecule has 0 atom stereocenters. The first-order valence-electron chi connectivity index (χ1n) is 6.60. The third kappa shape index (κ3) is 3.32. The van der Waals surface area contributed by atoms with Crippen LogP contribution in [0, 0.1) is 6.92 Å². The zero-order valence-corrected chi connectivity index (χ0v) is 11.7. The van der Waals surface area contributed by atoms with E-state index in [4.69, 9.17) is 4.74 Å². The van der Waals surface area contributed by atoms with Crippen LogP contribution in [0.2, 0.25) is 0 Å². The molecule has 0 fully saturated rings. The summed E-state index contributed by atoms with van der Waals surface area (Å²) in [5.74, 6) is 1.57. The van der Waals surface area contributed by atoms with Crippen LogP contribution in [0.15, 0.2) is 36.5 Å². The first kappa shape index (κ1) is 13.6. The quantitative estimate of drug-likeness (QED) is 0.889. The summed E-state index contributed by atoms with van der Waals surface area (Å²) < 4.78 is 5.93. The molecule has 2 aromatic rings. The number of pyridine rings is 1. The van der Waals surface area contributed by atoms with Gasteiger partial charge in [-0.2, -0.15) is 0 Å². The Balaban J connectivity index is 2.23. The van der Waals surface area contributed by atoms with Gasteiger partial charge in [0.05, 0.1) is 0 Å². The monoisotopic (exact) mass is 256 g/mol. The van der Waals surface area contributed by atoms with Crippen LogP contribution in [0.25, 0.3) is 0 Å². The van der Waals surface area contributed by atoms with E-state index in [0.29, 0.717) is 5.88 Å². The fourth-order valence-corrected chi connectivity index (χ4v) is 2.03. The van der Waals surface area contributed by atoms with E-state index >= 15 is 0 Å². The fraction of sp³-hybridized carbons (Fsp3) is 0.312. The summed E-state index contributed by atoms with van der Waals surface area (Å²) in [5, 5.41) is 3.12. The molecule has 0 radical (unpaired) electrons. The molecule has 0 spiro atoms. The molecule has 1 aromatic carbocycles. The van der Waals surface area contributed by atoms with Crippen LogP contribution in [0.4, 0.5) is 0 Å². The van der Waals surface area contributed by atoms with Gasteiger partial charge < -0.3 is 10.1 Å². The minimum absolute atomic E-state index is 0.681. The summed E-state index contributed by atoms with van der Waals surface area (Å²) in [5.41, 5.74) is 3.41. The molecule has 0 aliphatic heterocycles. The topological polar surface area (TPSA) is 34.1 Å². The van der Waals surface area contributed by atoms with Crippen molar-refractivity contribution in [2.45, 2.75) is 26.8 Å². The highest BCUT2D eigenvalue weighted by Gasteiger charge is 2.07. The van der Waals surface area contributed by atoms with E-state index in [0.717, 1.165) is 29.8 Å². The van der Waals surface area contributed by atoms with Crippen LogP contribution >= 0.6 is 0 Å². The number of aryl methyl sites for hydroxylation is 2. The number of aromatic nitrogens is 1. The van der Waals surface area contributed by atoms with Crippen molar-refractivity contribution in [3.63, 3.8) is 0 Å². The Morgan fingerprint density at radius 1 is 1.26 bits per heavy atom. The van der Waals surface area contributed by atoms with Gasteiger partial charge in [-0.25, -0.2) is 4.98 Å². The molecular weight excluding hydrogens is 236 g/mol. The van der Waals surface area contributed by atoms with E-state index in [1.165, 1.54) is 5.56 Å². The average Bonchev–Trinajstić information content (AvgIpc) is 2.43. The number of ether oxygens (including phenoxy) is 1. The predicted molar refractivity (Wildman–Crippen MR) is 77.6 cm³/mol. The van der Waals surface area contributed by atoms with Crippen LogP contribution < -0.4 is 10.1 Å². The van der Waals surface area contributed by atoms with Crippen molar-refractivity contribution in [1.29, 1.82) is 0 Å². The third-order valence-corrected chi connectivity index (χ3v) is 3.03. The van der Waals surface area contributed by atoms with Crippen molar-refractivity contribution in [1.82, 2.24) is 10.3 Å². The van der Waals surface area contributed by atoms with Gasteiger partial charge in [-0.1, -0.05) is 25.1 Å². The molecular formula is C16H20N2O. The summed E-state index contributed by atoms with van der Waals surface area (Å²) in [6, 6.07) is 10.2. The molecule has 0 saturated heterocycles. The van der Waals surface area contributed by atoms with E-state index in [-0.39, 0.29) is 0 Å². The van der Waals surface area contributed by atoms with Crippen molar-refractivity contribution in [3.8, 4) is 11.6 Å². The maximum absolute atomic E-state index is 5.93. The second-order valence-corrected chi connectivity index (χ2v) is 4.56. The summed E-state index contributed by atoms with van der Waals surface area (Å²) in [7, 11) is 1.93. The van der Waals surface area contributed by atoms with E-state index in [1.807, 2.05) is 38.4 Å². The lowest BCUT2D eigenvalue weighted by molar-refractivity contribution is 0.453. The molecule has 0 aliphatic rings. The number of hydrogen-bond donors (Lipinski definition) is 1. The van der Waals surface area contributed by atoms with Crippen LogP contribution in [-0.2, 0) is 13.0 Å². The largest absolute Gasteiger partial charge is 0.438 e. The maximum atomic E-state index is 5.93. The first-order chi connectivity index (χ1) is 9.24. The van der Waals surface area contributed by atoms with E-state index in [2.05, 4.69) is 29.4 Å². The van der Waals surface area contributed by atoms with Crippen molar-refractivity contribution < 1.29 is 4.74 Å². The average molecular weight is 256 g/mol. The highest BCUT2D eigenvalue weighted by atomic mass is 16.5. The highest BCUT2D eigenvalue weighted by Crippen LogP contribution is 2.26. The lowest BCUT2D eigenvalue weighted by Crippen LogP contribution is -2.06. The number of rotatable bonds is 5. The van der Waals surface area contributed by atoms with Crippen molar-refractivity contribution in [2.24, 2.45) is 0 Å². The van der Waals surface area contributed by atoms with Gasteiger partial charge in [0.1, 0.15) is 5.75 Å². The lowest BCUT2D eigenvalue weighted by atomic mass is 10.1. The molecule has 1 N–H and O–H groups in total. The first-order valence-corrected chi connectivity index (χ1v) is 6.60. The van der Waals surface area contributed by atoms with Gasteiger partial charge in [-0.15, -0.1) is 0 Å². The predicted octanol–water partition coefficient (Wildman–Crippen LogP) is 3.46. The SMILES string of the molecule is CCc1ccccc1Oc1ncc(CNC)cc1C. The number of para-hydroxylation sites is 1. The van der Waals surface area contributed by atoms with E-state index < -0.39 is 0 Å². The van der Waals surface area contributed by atoms with Crippen LogP contribution in [-0.4, -0.2) is 12.0 Å². The molecule has 0 bridgehead atoms. The molecule has 2 rings (SSSR count). The minimum Gasteiger partial charge on any atom is -0.438 e. The Labute approximate surface area is 114 Å². The van der Waals surface area contributed by atoms with Crippen molar-refractivity contribution >= 4 is 0 Å². The Kier molecular flexibility index (Phi) is 4.53. The molecule has 0 saturated carbocycles. The molecule has 100 valence electrons. The fourth-order valence-electron chi connectivity index (χ4n) is 2.03. The van der Waals surface area contributed by atoms with Crippen LogP contribution in [0.5, 0.6) is 11.6 Å². The summed E-state index contributed by atoms with van der Waals surface area (Å²) >= 11 is 0. The molecule has 1 heterocycles. The Morgan fingerprint density at radius 2 is 2.05 bits per heavy atom. The van der Waals surface area contributed by atoms with Gasteiger partial charge in [0.2, 0.25) is 5.88 Å². The van der Waals surface area contributed by atoms with E-state index in [1.54, 1.807) is 0 Å². The van der Waals surface area contributed by atoms with E-state index in [9.17, 15) is 0 Å². The smallest absolute Gasteiger partial charge is 0.222 e. The molecule has 0 aliphatic carbocycles. The molecule has 3 heteroatoms. The van der Waals surface area contributed by atoms with Crippen LogP contribution in [0.1, 0.15) is 23.6 Å². The maximum Gasteiger partial charge on any atom is 0.222 e. The zero-order valence-electron chi connectivity index (χ0n) is 11.7. The summed E-state index contributed by atoms with van der Waals surface area (Å²) in [6.45, 7) is 4.97. The van der Waals surface area contributed by atoms with Crippen molar-refractivity contribution in [2.75, 3.05) is 7.05 Å². The minimum atomic E-state index is 0.681. The third-order valence-electron chi connectivity index (χ3n) is 3.03. The summed E-state index contributed by atoms with van der Waals surface area (Å²) in [4.78, 5) is 4.41.